The second kappa shape index (κ2) is 7.14. The van der Waals surface area contributed by atoms with Crippen molar-refractivity contribution in [3.63, 3.8) is 0 Å². The summed E-state index contributed by atoms with van der Waals surface area (Å²) < 4.78 is 0. The number of nitrogens with zero attached hydrogens (tertiary/aromatic N) is 2. The number of likely N-dealkylation sites (tertiary alicyclic amines) is 1. The van der Waals surface area contributed by atoms with Crippen LogP contribution < -0.4 is 0 Å². The fourth-order valence-corrected chi connectivity index (χ4v) is 3.37. The van der Waals surface area contributed by atoms with E-state index in [-0.39, 0.29) is 23.8 Å². The Morgan fingerprint density at radius 2 is 2.05 bits per heavy atom. The van der Waals surface area contributed by atoms with E-state index in [9.17, 15) is 9.59 Å². The molecule has 1 aliphatic rings. The number of amides is 2. The normalized spacial score (nSPS) is 21.8. The molecule has 1 fully saturated rings. The van der Waals surface area contributed by atoms with E-state index >= 15 is 0 Å². The molecule has 0 bridgehead atoms. The molecule has 0 unspecified atom stereocenters. The van der Waals surface area contributed by atoms with Gasteiger partial charge in [0.2, 0.25) is 11.8 Å². The first-order valence-electron chi connectivity index (χ1n) is 7.80. The van der Waals surface area contributed by atoms with Crippen molar-refractivity contribution in [1.29, 1.82) is 0 Å². The smallest absolute Gasteiger partial charge is 0.227 e. The van der Waals surface area contributed by atoms with Crippen molar-refractivity contribution in [2.75, 3.05) is 20.1 Å². The third-order valence-electron chi connectivity index (χ3n) is 4.44. The Morgan fingerprint density at radius 3 is 2.64 bits per heavy atom. The maximum absolute atomic E-state index is 12.7. The predicted molar refractivity (Wildman–Crippen MR) is 87.6 cm³/mol. The third kappa shape index (κ3) is 3.12. The zero-order valence-electron chi connectivity index (χ0n) is 13.4. The van der Waals surface area contributed by atoms with Gasteiger partial charge >= 0.3 is 0 Å². The van der Waals surface area contributed by atoms with E-state index in [1.54, 1.807) is 16.8 Å². The minimum absolute atomic E-state index is 0.0818. The van der Waals surface area contributed by atoms with Gasteiger partial charge in [-0.2, -0.15) is 0 Å². The van der Waals surface area contributed by atoms with Gasteiger partial charge < -0.3 is 9.80 Å². The van der Waals surface area contributed by atoms with Crippen molar-refractivity contribution < 1.29 is 9.59 Å². The average Bonchev–Trinajstić information content (AvgIpc) is 2.53. The third-order valence-corrected chi connectivity index (χ3v) is 4.78. The predicted octanol–water partition coefficient (Wildman–Crippen LogP) is 3.12. The highest BCUT2D eigenvalue weighted by Crippen LogP contribution is 2.40. The molecule has 0 aliphatic carbocycles. The first-order chi connectivity index (χ1) is 10.5. The second-order valence-electron chi connectivity index (χ2n) is 5.64. The maximum atomic E-state index is 12.7. The van der Waals surface area contributed by atoms with Gasteiger partial charge in [0.05, 0.1) is 12.0 Å². The molecule has 1 heterocycles. The Kier molecular flexibility index (Phi) is 5.46. The molecule has 2 rings (SSSR count). The van der Waals surface area contributed by atoms with Crippen LogP contribution in [0.2, 0.25) is 5.02 Å². The van der Waals surface area contributed by atoms with Crippen LogP contribution in [0.25, 0.3) is 0 Å². The molecule has 1 aliphatic heterocycles. The van der Waals surface area contributed by atoms with Gasteiger partial charge in [-0.15, -0.1) is 0 Å². The van der Waals surface area contributed by atoms with Crippen molar-refractivity contribution in [3.05, 3.63) is 34.9 Å². The summed E-state index contributed by atoms with van der Waals surface area (Å²) in [6.07, 6.45) is 0.997. The second-order valence-corrected chi connectivity index (χ2v) is 6.05. The Bertz CT molecular complexity index is 561. The van der Waals surface area contributed by atoms with Crippen LogP contribution in [0.5, 0.6) is 0 Å². The Balaban J connectivity index is 2.45. The van der Waals surface area contributed by atoms with Crippen LogP contribution in [0.3, 0.4) is 0 Å². The number of piperidine rings is 1. The summed E-state index contributed by atoms with van der Waals surface area (Å²) in [7, 11) is 1.80. The summed E-state index contributed by atoms with van der Waals surface area (Å²) in [5.74, 6) is -0.0588. The minimum atomic E-state index is -0.276. The molecule has 2 amide bonds. The van der Waals surface area contributed by atoms with Crippen LogP contribution in [0, 0.1) is 5.92 Å². The maximum Gasteiger partial charge on any atom is 0.227 e. The van der Waals surface area contributed by atoms with Gasteiger partial charge in [-0.1, -0.05) is 29.8 Å². The highest BCUT2D eigenvalue weighted by Gasteiger charge is 2.41. The molecule has 2 atom stereocenters. The lowest BCUT2D eigenvalue weighted by atomic mass is 9.83. The molecule has 0 N–H and O–H groups in total. The fourth-order valence-electron chi connectivity index (χ4n) is 3.12. The first kappa shape index (κ1) is 16.8. The summed E-state index contributed by atoms with van der Waals surface area (Å²) in [6, 6.07) is 7.22. The zero-order chi connectivity index (χ0) is 16.3. The lowest BCUT2D eigenvalue weighted by Gasteiger charge is -2.41. The van der Waals surface area contributed by atoms with E-state index in [0.717, 1.165) is 5.56 Å². The van der Waals surface area contributed by atoms with Crippen LogP contribution in [-0.4, -0.2) is 41.8 Å². The van der Waals surface area contributed by atoms with Gasteiger partial charge in [0.1, 0.15) is 0 Å². The van der Waals surface area contributed by atoms with E-state index in [2.05, 4.69) is 0 Å². The average molecular weight is 323 g/mol. The Morgan fingerprint density at radius 1 is 1.36 bits per heavy atom. The van der Waals surface area contributed by atoms with Crippen LogP contribution in [0.15, 0.2) is 24.3 Å². The molecule has 1 saturated heterocycles. The van der Waals surface area contributed by atoms with Crippen LogP contribution in [0.1, 0.15) is 38.3 Å². The highest BCUT2D eigenvalue weighted by atomic mass is 35.5. The molecule has 1 aromatic carbocycles. The summed E-state index contributed by atoms with van der Waals surface area (Å²) >= 11 is 6.35. The van der Waals surface area contributed by atoms with Gasteiger partial charge in [-0.3, -0.25) is 9.59 Å². The number of rotatable bonds is 4. The number of benzene rings is 1. The lowest BCUT2D eigenvalue weighted by molar-refractivity contribution is -0.147. The molecule has 0 radical (unpaired) electrons. The number of carbonyl (C=O) groups excluding carboxylic acids is 2. The number of carbonyl (C=O) groups is 2. The first-order valence-corrected chi connectivity index (χ1v) is 8.17. The highest BCUT2D eigenvalue weighted by molar-refractivity contribution is 6.31. The van der Waals surface area contributed by atoms with Crippen LogP contribution in [0.4, 0.5) is 0 Å². The van der Waals surface area contributed by atoms with Crippen molar-refractivity contribution in [2.45, 2.75) is 32.7 Å². The largest absolute Gasteiger partial charge is 0.346 e. The van der Waals surface area contributed by atoms with E-state index < -0.39 is 0 Å². The van der Waals surface area contributed by atoms with Gasteiger partial charge in [0.15, 0.2) is 0 Å². The van der Waals surface area contributed by atoms with Gasteiger partial charge in [-0.25, -0.2) is 0 Å². The summed E-state index contributed by atoms with van der Waals surface area (Å²) in [4.78, 5) is 28.5. The minimum Gasteiger partial charge on any atom is -0.346 e. The lowest BCUT2D eigenvalue weighted by Crippen LogP contribution is -2.48. The number of hydrogen-bond donors (Lipinski definition) is 0. The molecule has 22 heavy (non-hydrogen) atoms. The molecular weight excluding hydrogens is 300 g/mol. The van der Waals surface area contributed by atoms with Crippen LogP contribution >= 0.6 is 11.6 Å². The molecule has 5 heteroatoms. The van der Waals surface area contributed by atoms with Crippen molar-refractivity contribution in [2.24, 2.45) is 5.92 Å². The Labute approximate surface area is 137 Å². The fraction of sp³-hybridized carbons (Fsp3) is 0.529. The topological polar surface area (TPSA) is 40.6 Å². The van der Waals surface area contributed by atoms with Crippen molar-refractivity contribution in [3.8, 4) is 0 Å². The quantitative estimate of drug-likeness (QED) is 0.854. The van der Waals surface area contributed by atoms with Gasteiger partial charge in [0.25, 0.3) is 0 Å². The molecule has 120 valence electrons. The molecule has 0 aromatic heterocycles. The van der Waals surface area contributed by atoms with E-state index in [0.29, 0.717) is 31.0 Å². The number of halogens is 1. The molecule has 1 aromatic rings. The van der Waals surface area contributed by atoms with Crippen molar-refractivity contribution >= 4 is 23.4 Å². The zero-order valence-corrected chi connectivity index (χ0v) is 14.1. The van der Waals surface area contributed by atoms with Crippen molar-refractivity contribution in [1.82, 2.24) is 9.80 Å². The van der Waals surface area contributed by atoms with Crippen LogP contribution in [-0.2, 0) is 9.59 Å². The number of hydrogen-bond acceptors (Lipinski definition) is 2. The molecule has 4 nitrogen and oxygen atoms in total. The van der Waals surface area contributed by atoms with Gasteiger partial charge in [-0.05, 0) is 31.9 Å². The van der Waals surface area contributed by atoms with E-state index in [4.69, 9.17) is 11.6 Å². The SMILES string of the molecule is CCN(C)C(=O)[C@@H]1CCC(=O)N(CC)[C@H]1c1ccccc1Cl. The summed E-state index contributed by atoms with van der Waals surface area (Å²) in [5, 5.41) is 0.609. The molecule has 0 spiro atoms. The van der Waals surface area contributed by atoms with Gasteiger partial charge in [0, 0.05) is 31.6 Å². The van der Waals surface area contributed by atoms with E-state index in [1.807, 2.05) is 38.1 Å². The summed E-state index contributed by atoms with van der Waals surface area (Å²) in [5.41, 5.74) is 0.863. The molecular formula is C17H23ClN2O2. The standard InChI is InChI=1S/C17H23ClN2O2/c1-4-19(3)17(22)13-10-11-15(21)20(5-2)16(13)12-8-6-7-9-14(12)18/h6-9,13,16H,4-5,10-11H2,1-3H3/t13-,16+/m1/s1. The monoisotopic (exact) mass is 322 g/mol. The molecule has 0 saturated carbocycles. The Hall–Kier alpha value is -1.55. The summed E-state index contributed by atoms with van der Waals surface area (Å²) in [6.45, 7) is 5.13. The van der Waals surface area contributed by atoms with E-state index in [1.165, 1.54) is 0 Å².